The molecule has 194 valence electrons. The first-order chi connectivity index (χ1) is 18.2. The lowest BCUT2D eigenvalue weighted by Crippen LogP contribution is -2.40. The lowest BCUT2D eigenvalue weighted by Gasteiger charge is -2.25. The summed E-state index contributed by atoms with van der Waals surface area (Å²) in [6, 6.07) is 16.7. The van der Waals surface area contributed by atoms with E-state index in [1.807, 2.05) is 62.4 Å². The number of aromatic nitrogens is 2. The highest BCUT2D eigenvalue weighted by atomic mass is 79.9. The second-order valence-corrected chi connectivity index (χ2v) is 11.3. The molecule has 6 nitrogen and oxygen atoms in total. The van der Waals surface area contributed by atoms with Crippen LogP contribution in [0.2, 0.25) is 5.02 Å². The fourth-order valence-electron chi connectivity index (χ4n) is 4.85. The number of hydrogen-bond donors (Lipinski definition) is 0. The van der Waals surface area contributed by atoms with Crippen molar-refractivity contribution in [1.29, 1.82) is 0 Å². The molecule has 0 bridgehead atoms. The average Bonchev–Trinajstić information content (AvgIpc) is 3.33. The molecule has 1 aliphatic heterocycles. The first-order valence-corrected chi connectivity index (χ1v) is 14.1. The van der Waals surface area contributed by atoms with Crippen LogP contribution in [0.1, 0.15) is 42.4 Å². The topological polar surface area (TPSA) is 65.6 Å². The molecule has 9 heteroatoms. The molecule has 0 fully saturated rings. The van der Waals surface area contributed by atoms with E-state index in [4.69, 9.17) is 16.3 Å². The van der Waals surface area contributed by atoms with E-state index in [9.17, 15) is 9.59 Å². The maximum Gasteiger partial charge on any atom is 0.338 e. The van der Waals surface area contributed by atoms with Gasteiger partial charge in [0, 0.05) is 26.6 Å². The Labute approximate surface area is 237 Å². The van der Waals surface area contributed by atoms with E-state index in [2.05, 4.69) is 31.6 Å². The van der Waals surface area contributed by atoms with Gasteiger partial charge in [0.2, 0.25) is 0 Å². The van der Waals surface area contributed by atoms with Gasteiger partial charge in [0.25, 0.3) is 5.56 Å². The summed E-state index contributed by atoms with van der Waals surface area (Å²) in [7, 11) is 0. The number of benzene rings is 2. The van der Waals surface area contributed by atoms with Crippen LogP contribution in [-0.4, -0.2) is 21.7 Å². The average molecular weight is 611 g/mol. The van der Waals surface area contributed by atoms with Crippen molar-refractivity contribution in [2.75, 3.05) is 6.61 Å². The monoisotopic (exact) mass is 609 g/mol. The Morgan fingerprint density at radius 2 is 1.87 bits per heavy atom. The summed E-state index contributed by atoms with van der Waals surface area (Å²) in [5.41, 5.74) is 5.28. The van der Waals surface area contributed by atoms with Crippen molar-refractivity contribution in [1.82, 2.24) is 9.13 Å². The highest BCUT2D eigenvalue weighted by Gasteiger charge is 2.34. The Morgan fingerprint density at radius 3 is 2.55 bits per heavy atom. The normalized spacial score (nSPS) is 15.4. The number of fused-ring (bicyclic) bond motifs is 1. The summed E-state index contributed by atoms with van der Waals surface area (Å²) in [6.07, 6.45) is 1.90. The van der Waals surface area contributed by atoms with E-state index in [1.165, 1.54) is 11.3 Å². The summed E-state index contributed by atoms with van der Waals surface area (Å²) in [4.78, 5) is 32.1. The molecule has 2 aromatic heterocycles. The number of rotatable bonds is 5. The number of allylic oxidation sites excluding steroid dienone is 1. The maximum atomic E-state index is 13.9. The molecule has 2 aromatic carbocycles. The van der Waals surface area contributed by atoms with Crippen molar-refractivity contribution >= 4 is 50.9 Å². The summed E-state index contributed by atoms with van der Waals surface area (Å²) in [5.74, 6) is -0.508. The van der Waals surface area contributed by atoms with Gasteiger partial charge in [-0.25, -0.2) is 9.79 Å². The molecule has 0 N–H and O–H groups in total. The van der Waals surface area contributed by atoms with Crippen LogP contribution >= 0.6 is 38.9 Å². The molecule has 3 heterocycles. The Bertz CT molecular complexity index is 1780. The van der Waals surface area contributed by atoms with Crippen LogP contribution in [-0.2, 0) is 9.53 Å². The number of ether oxygens (including phenoxy) is 1. The van der Waals surface area contributed by atoms with Gasteiger partial charge in [0.05, 0.1) is 22.4 Å². The van der Waals surface area contributed by atoms with E-state index in [1.54, 1.807) is 24.5 Å². The number of nitrogens with zero attached hydrogens (tertiary/aromatic N) is 3. The van der Waals surface area contributed by atoms with Gasteiger partial charge < -0.3 is 9.30 Å². The minimum atomic E-state index is -0.739. The molecule has 1 atom stereocenters. The van der Waals surface area contributed by atoms with Gasteiger partial charge in [-0.05, 0) is 81.3 Å². The third-order valence-corrected chi connectivity index (χ3v) is 8.41. The fourth-order valence-corrected chi connectivity index (χ4v) is 6.39. The number of halogens is 2. The Morgan fingerprint density at radius 1 is 1.16 bits per heavy atom. The van der Waals surface area contributed by atoms with Crippen LogP contribution in [0, 0.1) is 13.8 Å². The van der Waals surface area contributed by atoms with Crippen LogP contribution in [0.25, 0.3) is 11.8 Å². The van der Waals surface area contributed by atoms with E-state index < -0.39 is 12.0 Å². The minimum absolute atomic E-state index is 0.212. The van der Waals surface area contributed by atoms with Crippen molar-refractivity contribution < 1.29 is 9.53 Å². The molecule has 4 aromatic rings. The first-order valence-electron chi connectivity index (χ1n) is 12.1. The molecule has 1 unspecified atom stereocenters. The smallest absolute Gasteiger partial charge is 0.338 e. The number of thiazole rings is 1. The predicted octanol–water partition coefficient (Wildman–Crippen LogP) is 5.62. The summed E-state index contributed by atoms with van der Waals surface area (Å²) in [5, 5.41) is 0.460. The van der Waals surface area contributed by atoms with Gasteiger partial charge in [0.1, 0.15) is 6.04 Å². The van der Waals surface area contributed by atoms with Crippen molar-refractivity contribution in [2.45, 2.75) is 33.7 Å². The number of carbonyl (C=O) groups excluding carboxylic acids is 1. The third-order valence-electron chi connectivity index (χ3n) is 6.56. The molecule has 0 saturated heterocycles. The van der Waals surface area contributed by atoms with Crippen molar-refractivity contribution in [3.63, 3.8) is 0 Å². The van der Waals surface area contributed by atoms with Gasteiger partial charge in [0.15, 0.2) is 4.80 Å². The molecule has 1 aliphatic rings. The Balaban J connectivity index is 1.70. The zero-order valence-electron chi connectivity index (χ0n) is 21.3. The van der Waals surface area contributed by atoms with Crippen LogP contribution in [0.4, 0.5) is 0 Å². The summed E-state index contributed by atoms with van der Waals surface area (Å²) >= 11 is 11.4. The Kier molecular flexibility index (Phi) is 7.31. The van der Waals surface area contributed by atoms with Gasteiger partial charge in [-0.1, -0.05) is 57.1 Å². The third kappa shape index (κ3) is 4.61. The van der Waals surface area contributed by atoms with E-state index in [0.29, 0.717) is 31.2 Å². The highest BCUT2D eigenvalue weighted by molar-refractivity contribution is 9.10. The number of aryl methyl sites for hydroxylation is 1. The molecule has 0 aliphatic carbocycles. The van der Waals surface area contributed by atoms with Crippen LogP contribution in [0.5, 0.6) is 0 Å². The van der Waals surface area contributed by atoms with Crippen LogP contribution < -0.4 is 14.9 Å². The van der Waals surface area contributed by atoms with Gasteiger partial charge in [-0.3, -0.25) is 9.36 Å². The molecule has 0 spiro atoms. The lowest BCUT2D eigenvalue weighted by molar-refractivity contribution is -0.139. The quantitative estimate of drug-likeness (QED) is 0.276. The number of carbonyl (C=O) groups is 1. The molecule has 5 rings (SSSR count). The fraction of sp³-hybridized carbons (Fsp3) is 0.207. The van der Waals surface area contributed by atoms with Crippen molar-refractivity contribution in [3.8, 4) is 5.69 Å². The maximum absolute atomic E-state index is 13.9. The molecular formula is C29H25BrClN3O3S. The van der Waals surface area contributed by atoms with Crippen molar-refractivity contribution in [2.24, 2.45) is 4.99 Å². The zero-order chi connectivity index (χ0) is 27.1. The molecule has 0 radical (unpaired) electrons. The van der Waals surface area contributed by atoms with Crippen LogP contribution in [0.3, 0.4) is 0 Å². The Hall–Kier alpha value is -3.20. The SMILES string of the molecule is CCOC(=O)C1=C(C)N=c2sc(=Cc3cc(C)n(-c4ccc(Br)cc4)c3C)c(=O)n2C1c1ccccc1Cl. The zero-order valence-corrected chi connectivity index (χ0v) is 24.4. The molecular weight excluding hydrogens is 586 g/mol. The van der Waals surface area contributed by atoms with E-state index in [0.717, 1.165) is 27.1 Å². The van der Waals surface area contributed by atoms with E-state index >= 15 is 0 Å². The summed E-state index contributed by atoms with van der Waals surface area (Å²) < 4.78 is 10.6. The minimum Gasteiger partial charge on any atom is -0.463 e. The largest absolute Gasteiger partial charge is 0.463 e. The standard InChI is InChI=1S/C29H25BrClN3O3S/c1-5-37-28(36)25-17(3)32-29-34(26(25)22-8-6-7-9-23(22)31)27(35)24(38-29)15-19-14-16(2)33(18(19)4)21-12-10-20(30)11-13-21/h6-15,26H,5H2,1-4H3. The second-order valence-electron chi connectivity index (χ2n) is 8.96. The highest BCUT2D eigenvalue weighted by Crippen LogP contribution is 2.34. The lowest BCUT2D eigenvalue weighted by atomic mass is 9.96. The summed E-state index contributed by atoms with van der Waals surface area (Å²) in [6.45, 7) is 7.80. The molecule has 38 heavy (non-hydrogen) atoms. The van der Waals surface area contributed by atoms with Crippen LogP contribution in [0.15, 0.2) is 80.1 Å². The predicted molar refractivity (Wildman–Crippen MR) is 155 cm³/mol. The number of hydrogen-bond acceptors (Lipinski definition) is 5. The van der Waals surface area contributed by atoms with Gasteiger partial charge in [-0.2, -0.15) is 0 Å². The first kappa shape index (κ1) is 26.4. The van der Waals surface area contributed by atoms with E-state index in [-0.39, 0.29) is 12.2 Å². The second kappa shape index (κ2) is 10.5. The number of esters is 1. The van der Waals surface area contributed by atoms with Gasteiger partial charge in [-0.15, -0.1) is 0 Å². The molecule has 0 saturated carbocycles. The van der Waals surface area contributed by atoms with Crippen molar-refractivity contribution in [3.05, 3.63) is 118 Å². The molecule has 0 amide bonds. The van der Waals surface area contributed by atoms with Gasteiger partial charge >= 0.3 is 5.97 Å².